The van der Waals surface area contributed by atoms with Crippen LogP contribution in [-0.4, -0.2) is 28.0 Å². The van der Waals surface area contributed by atoms with E-state index in [2.05, 4.69) is 72.7 Å². The Morgan fingerprint density at radius 1 is 1.15 bits per heavy atom. The topological polar surface area (TPSA) is 21.1 Å². The van der Waals surface area contributed by atoms with Crippen LogP contribution in [0.1, 0.15) is 46.6 Å². The maximum Gasteiger partial charge on any atom is 0.0632 e. The van der Waals surface area contributed by atoms with Crippen LogP contribution in [0.3, 0.4) is 0 Å². The average molecular weight is 345 g/mol. The van der Waals surface area contributed by atoms with E-state index in [1.54, 1.807) is 11.3 Å². The zero-order chi connectivity index (χ0) is 18.0. The lowest BCUT2D eigenvalue weighted by Gasteiger charge is -2.35. The summed E-state index contributed by atoms with van der Waals surface area (Å²) >= 11 is 0. The largest absolute Gasteiger partial charge is 0.336 e. The van der Waals surface area contributed by atoms with E-state index in [0.717, 1.165) is 31.6 Å². The van der Waals surface area contributed by atoms with E-state index in [4.69, 9.17) is 0 Å². The van der Waals surface area contributed by atoms with Gasteiger partial charge in [0.1, 0.15) is 0 Å². The van der Waals surface area contributed by atoms with Crippen LogP contribution < -0.4 is 0 Å². The number of rotatable bonds is 1. The van der Waals surface area contributed by atoms with Gasteiger partial charge >= 0.3 is 0 Å². The fourth-order valence-electron chi connectivity index (χ4n) is 5.21. The third-order valence-corrected chi connectivity index (χ3v) is 6.33. The number of hydrogen-bond acceptors (Lipinski definition) is 2. The highest BCUT2D eigenvalue weighted by Crippen LogP contribution is 2.44. The van der Waals surface area contributed by atoms with Crippen molar-refractivity contribution in [2.24, 2.45) is 5.92 Å². The van der Waals surface area contributed by atoms with Crippen LogP contribution in [-0.2, 0) is 19.4 Å². The van der Waals surface area contributed by atoms with Gasteiger partial charge in [0.25, 0.3) is 0 Å². The first-order valence-corrected chi connectivity index (χ1v) is 9.79. The molecule has 3 nitrogen and oxygen atoms in total. The summed E-state index contributed by atoms with van der Waals surface area (Å²) in [5, 5.41) is 1.48. The molecule has 4 heterocycles. The van der Waals surface area contributed by atoms with E-state index in [0.29, 0.717) is 12.0 Å². The molecule has 134 valence electrons. The molecule has 2 unspecified atom stereocenters. The van der Waals surface area contributed by atoms with E-state index in [9.17, 15) is 0 Å². The van der Waals surface area contributed by atoms with Crippen LogP contribution in [0.2, 0.25) is 0 Å². The number of aromatic nitrogens is 2. The number of hydrogen-bond donors (Lipinski definition) is 0. The minimum atomic E-state index is 0.396. The predicted molar refractivity (Wildman–Crippen MR) is 107 cm³/mol. The maximum absolute atomic E-state index is 4.61. The molecule has 5 rings (SSSR count). The highest BCUT2D eigenvalue weighted by atomic mass is 15.1. The summed E-state index contributed by atoms with van der Waals surface area (Å²) in [6, 6.07) is 9.67. The standard InChI is InChI=1S/C23H27N3/c1-14-9-18-11-15(2)22(17-6-5-16(3)24-12-17)26-21-7-8-25(4)13-20(21)19(10-14)23(18)26/h5-6,9-10,12,15,22H,7-8,11,13H2,1-4H3. The molecule has 0 saturated carbocycles. The molecule has 2 aliphatic heterocycles. The van der Waals surface area contributed by atoms with Crippen molar-refractivity contribution in [3.63, 3.8) is 0 Å². The first kappa shape index (κ1) is 16.1. The maximum atomic E-state index is 4.61. The van der Waals surface area contributed by atoms with Crippen molar-refractivity contribution in [1.29, 1.82) is 0 Å². The minimum absolute atomic E-state index is 0.396. The molecule has 0 radical (unpaired) electrons. The Morgan fingerprint density at radius 3 is 2.77 bits per heavy atom. The average Bonchev–Trinajstić information content (AvgIpc) is 2.91. The van der Waals surface area contributed by atoms with Crippen molar-refractivity contribution in [3.05, 3.63) is 64.1 Å². The number of aryl methyl sites for hydroxylation is 2. The second-order valence-corrected chi connectivity index (χ2v) is 8.46. The molecule has 0 bridgehead atoms. The number of pyridine rings is 1. The van der Waals surface area contributed by atoms with Gasteiger partial charge in [-0.25, -0.2) is 0 Å². The molecule has 2 aliphatic rings. The second kappa shape index (κ2) is 5.68. The van der Waals surface area contributed by atoms with Crippen molar-refractivity contribution >= 4 is 10.9 Å². The number of benzene rings is 1. The van der Waals surface area contributed by atoms with Crippen LogP contribution >= 0.6 is 0 Å². The van der Waals surface area contributed by atoms with Gasteiger partial charge in [-0.2, -0.15) is 0 Å². The molecule has 1 aromatic carbocycles. The molecule has 3 heteroatoms. The van der Waals surface area contributed by atoms with Gasteiger partial charge in [-0.15, -0.1) is 0 Å². The predicted octanol–water partition coefficient (Wildman–Crippen LogP) is 4.42. The number of nitrogens with zero attached hydrogens (tertiary/aromatic N) is 3. The van der Waals surface area contributed by atoms with Gasteiger partial charge in [0.2, 0.25) is 0 Å². The molecule has 0 N–H and O–H groups in total. The van der Waals surface area contributed by atoms with E-state index in [1.165, 1.54) is 27.6 Å². The monoisotopic (exact) mass is 345 g/mol. The summed E-state index contributed by atoms with van der Waals surface area (Å²) in [5.74, 6) is 0.577. The summed E-state index contributed by atoms with van der Waals surface area (Å²) < 4.78 is 2.69. The van der Waals surface area contributed by atoms with Crippen molar-refractivity contribution in [1.82, 2.24) is 14.5 Å². The molecule has 0 amide bonds. The summed E-state index contributed by atoms with van der Waals surface area (Å²) in [5.41, 5.74) is 9.96. The second-order valence-electron chi connectivity index (χ2n) is 8.46. The zero-order valence-electron chi connectivity index (χ0n) is 16.2. The highest BCUT2D eigenvalue weighted by Gasteiger charge is 2.34. The van der Waals surface area contributed by atoms with Gasteiger partial charge in [-0.1, -0.05) is 24.6 Å². The molecular formula is C23H27N3. The first-order valence-electron chi connectivity index (χ1n) is 9.79. The lowest BCUT2D eigenvalue weighted by Crippen LogP contribution is -2.31. The highest BCUT2D eigenvalue weighted by molar-refractivity contribution is 5.90. The Balaban J connectivity index is 1.82. The molecule has 0 saturated heterocycles. The molecule has 2 atom stereocenters. The molecule has 2 aromatic heterocycles. The lowest BCUT2D eigenvalue weighted by molar-refractivity contribution is 0.301. The molecule has 26 heavy (non-hydrogen) atoms. The minimum Gasteiger partial charge on any atom is -0.336 e. The molecular weight excluding hydrogens is 318 g/mol. The van der Waals surface area contributed by atoms with Crippen molar-refractivity contribution < 1.29 is 0 Å². The van der Waals surface area contributed by atoms with Gasteiger partial charge in [0, 0.05) is 42.5 Å². The Bertz CT molecular complexity index is 997. The molecule has 0 aliphatic carbocycles. The fraction of sp³-hybridized carbons (Fsp3) is 0.435. The Morgan fingerprint density at radius 2 is 2.00 bits per heavy atom. The van der Waals surface area contributed by atoms with Crippen molar-refractivity contribution in [2.45, 2.75) is 46.2 Å². The van der Waals surface area contributed by atoms with Crippen LogP contribution in [0.5, 0.6) is 0 Å². The van der Waals surface area contributed by atoms with Gasteiger partial charge in [-0.05, 0) is 62.1 Å². The van der Waals surface area contributed by atoms with Gasteiger partial charge in [0.05, 0.1) is 11.6 Å². The fourth-order valence-corrected chi connectivity index (χ4v) is 5.21. The Hall–Kier alpha value is -2.13. The smallest absolute Gasteiger partial charge is 0.0632 e. The number of likely N-dealkylation sites (N-methyl/N-ethyl adjacent to an activating group) is 1. The Kier molecular flexibility index (Phi) is 3.51. The third-order valence-electron chi connectivity index (χ3n) is 6.33. The van der Waals surface area contributed by atoms with Crippen LogP contribution in [0, 0.1) is 19.8 Å². The summed E-state index contributed by atoms with van der Waals surface area (Å²) in [7, 11) is 2.24. The van der Waals surface area contributed by atoms with E-state index in [1.807, 2.05) is 0 Å². The summed E-state index contributed by atoms with van der Waals surface area (Å²) in [4.78, 5) is 7.07. The van der Waals surface area contributed by atoms with Gasteiger partial charge in [-0.3, -0.25) is 4.98 Å². The normalized spacial score (nSPS) is 22.6. The number of fused-ring (bicyclic) bond motifs is 3. The molecule has 3 aromatic rings. The lowest BCUT2D eigenvalue weighted by atomic mass is 9.85. The van der Waals surface area contributed by atoms with E-state index < -0.39 is 0 Å². The van der Waals surface area contributed by atoms with Crippen molar-refractivity contribution in [2.75, 3.05) is 13.6 Å². The summed E-state index contributed by atoms with van der Waals surface area (Å²) in [6.07, 6.45) is 4.39. The summed E-state index contributed by atoms with van der Waals surface area (Å²) in [6.45, 7) is 8.92. The SMILES string of the molecule is Cc1cc2c3c(c1)c1c(n3C(c3ccc(C)nc3)C(C)C2)CCN(C)C1. The van der Waals surface area contributed by atoms with Crippen LogP contribution in [0.4, 0.5) is 0 Å². The van der Waals surface area contributed by atoms with Gasteiger partial charge < -0.3 is 9.47 Å². The van der Waals surface area contributed by atoms with Crippen LogP contribution in [0.25, 0.3) is 10.9 Å². The first-order chi connectivity index (χ1) is 12.5. The quantitative estimate of drug-likeness (QED) is 0.651. The van der Waals surface area contributed by atoms with E-state index in [-0.39, 0.29) is 0 Å². The molecule has 0 fully saturated rings. The Labute approximate surface area is 155 Å². The third kappa shape index (κ3) is 2.26. The van der Waals surface area contributed by atoms with Crippen molar-refractivity contribution in [3.8, 4) is 0 Å². The zero-order valence-corrected chi connectivity index (χ0v) is 16.2. The molecule has 0 spiro atoms. The van der Waals surface area contributed by atoms with E-state index >= 15 is 0 Å². The van der Waals surface area contributed by atoms with Gasteiger partial charge in [0.15, 0.2) is 0 Å². The van der Waals surface area contributed by atoms with Crippen LogP contribution in [0.15, 0.2) is 30.5 Å².